The molecule has 0 amide bonds. The van der Waals surface area contributed by atoms with E-state index in [9.17, 15) is 0 Å². The summed E-state index contributed by atoms with van der Waals surface area (Å²) in [6, 6.07) is 43.1. The van der Waals surface area contributed by atoms with Gasteiger partial charge in [-0.2, -0.15) is 9.97 Å². The van der Waals surface area contributed by atoms with Gasteiger partial charge in [0.1, 0.15) is 5.54 Å². The van der Waals surface area contributed by atoms with E-state index >= 15 is 0 Å². The summed E-state index contributed by atoms with van der Waals surface area (Å²) in [6.07, 6.45) is 7.08. The highest BCUT2D eigenvalue weighted by molar-refractivity contribution is 6.08. The molecular weight excluding hydrogens is 564 g/mol. The van der Waals surface area contributed by atoms with Crippen molar-refractivity contribution in [1.29, 1.82) is 0 Å². The summed E-state index contributed by atoms with van der Waals surface area (Å²) in [5.74, 6) is 1.75. The first kappa shape index (κ1) is 25.1. The highest BCUT2D eigenvalue weighted by Gasteiger charge is 2.55. The van der Waals surface area contributed by atoms with Crippen molar-refractivity contribution in [3.63, 3.8) is 0 Å². The number of hydrogen-bond acceptors (Lipinski definition) is 6. The first-order chi connectivity index (χ1) is 22.8. The molecule has 1 spiro atoms. The van der Waals surface area contributed by atoms with Crippen LogP contribution < -0.4 is 4.90 Å². The Kier molecular flexibility index (Phi) is 5.11. The fourth-order valence-corrected chi connectivity index (χ4v) is 7.56. The summed E-state index contributed by atoms with van der Waals surface area (Å²) in [7, 11) is 0. The summed E-state index contributed by atoms with van der Waals surface area (Å²) >= 11 is 0. The van der Waals surface area contributed by atoms with E-state index in [1.54, 1.807) is 24.8 Å². The van der Waals surface area contributed by atoms with Crippen molar-refractivity contribution >= 4 is 33.2 Å². The van der Waals surface area contributed by atoms with Crippen LogP contribution in [0, 0.1) is 0 Å². The summed E-state index contributed by atoms with van der Waals surface area (Å²) in [5.41, 5.74) is 8.18. The van der Waals surface area contributed by atoms with E-state index in [-0.39, 0.29) is 0 Å². The third kappa shape index (κ3) is 3.32. The predicted octanol–water partition coefficient (Wildman–Crippen LogP) is 8.73. The van der Waals surface area contributed by atoms with Gasteiger partial charge in [-0.3, -0.25) is 14.9 Å². The van der Waals surface area contributed by atoms with Gasteiger partial charge in [-0.05, 0) is 86.4 Å². The minimum atomic E-state index is -0.717. The Morgan fingerprint density at radius 2 is 1.04 bits per heavy atom. The largest absolute Gasteiger partial charge is 0.291 e. The molecule has 4 heterocycles. The van der Waals surface area contributed by atoms with E-state index in [0.29, 0.717) is 17.6 Å². The van der Waals surface area contributed by atoms with Crippen molar-refractivity contribution < 1.29 is 0 Å². The fraction of sp³-hybridized carbons (Fsp3) is 0.0250. The molecule has 3 aromatic heterocycles. The molecule has 0 N–H and O–H groups in total. The van der Waals surface area contributed by atoms with Crippen molar-refractivity contribution in [1.82, 2.24) is 24.9 Å². The highest BCUT2D eigenvalue weighted by atomic mass is 15.3. The lowest BCUT2D eigenvalue weighted by Gasteiger charge is -2.39. The minimum absolute atomic E-state index is 0.577. The molecule has 5 aromatic carbocycles. The van der Waals surface area contributed by atoms with Gasteiger partial charge in [0, 0.05) is 41.3 Å². The molecular formula is C40H24N6. The fourth-order valence-electron chi connectivity index (χ4n) is 7.56. The molecule has 0 fully saturated rings. The van der Waals surface area contributed by atoms with Gasteiger partial charge in [-0.15, -0.1) is 0 Å². The van der Waals surface area contributed by atoms with Crippen LogP contribution in [0.2, 0.25) is 0 Å². The monoisotopic (exact) mass is 588 g/mol. The lowest BCUT2D eigenvalue weighted by atomic mass is 9.80. The zero-order valence-electron chi connectivity index (χ0n) is 24.5. The number of hydrogen-bond donors (Lipinski definition) is 0. The van der Waals surface area contributed by atoms with Crippen molar-refractivity contribution in [3.05, 3.63) is 163 Å². The Morgan fingerprint density at radius 1 is 0.457 bits per heavy atom. The molecule has 0 radical (unpaired) electrons. The molecule has 10 rings (SSSR count). The zero-order chi connectivity index (χ0) is 30.2. The number of nitrogens with zero attached hydrogens (tertiary/aromatic N) is 6. The quantitative estimate of drug-likeness (QED) is 0.206. The molecule has 46 heavy (non-hydrogen) atoms. The molecule has 6 nitrogen and oxygen atoms in total. The summed E-state index contributed by atoms with van der Waals surface area (Å²) in [4.78, 5) is 26.4. The van der Waals surface area contributed by atoms with E-state index in [0.717, 1.165) is 16.8 Å². The van der Waals surface area contributed by atoms with Gasteiger partial charge < -0.3 is 0 Å². The molecule has 2 aliphatic rings. The number of anilines is 2. The van der Waals surface area contributed by atoms with Crippen LogP contribution in [0.3, 0.4) is 0 Å². The average Bonchev–Trinajstić information content (AvgIpc) is 3.58. The van der Waals surface area contributed by atoms with Crippen LogP contribution >= 0.6 is 0 Å². The van der Waals surface area contributed by atoms with Gasteiger partial charge >= 0.3 is 0 Å². The maximum atomic E-state index is 5.27. The van der Waals surface area contributed by atoms with Crippen molar-refractivity contribution in [3.8, 4) is 33.9 Å². The Bertz CT molecular complexity index is 2430. The maximum absolute atomic E-state index is 5.27. The van der Waals surface area contributed by atoms with Gasteiger partial charge in [-0.1, -0.05) is 78.9 Å². The first-order valence-electron chi connectivity index (χ1n) is 15.3. The van der Waals surface area contributed by atoms with E-state index in [4.69, 9.17) is 15.0 Å². The second-order valence-electron chi connectivity index (χ2n) is 11.8. The first-order valence-corrected chi connectivity index (χ1v) is 15.3. The van der Waals surface area contributed by atoms with E-state index in [1.807, 2.05) is 24.3 Å². The Morgan fingerprint density at radius 3 is 1.76 bits per heavy atom. The van der Waals surface area contributed by atoms with Crippen molar-refractivity contribution in [2.75, 3.05) is 4.90 Å². The number of fused-ring (bicyclic) bond motifs is 7. The third-order valence-corrected chi connectivity index (χ3v) is 9.43. The molecule has 214 valence electrons. The highest BCUT2D eigenvalue weighted by Crippen LogP contribution is 2.63. The SMILES string of the molecule is c1ccc2c(c1)-c1cc3ccccc3cc1C21c2cccc3cccc(c23)N1c1nc(-c2ccncc2)nc(-c2ccncc2)n1. The molecule has 1 unspecified atom stereocenters. The number of benzene rings is 5. The third-order valence-electron chi connectivity index (χ3n) is 9.43. The van der Waals surface area contributed by atoms with Crippen LogP contribution in [0.1, 0.15) is 16.7 Å². The van der Waals surface area contributed by atoms with Gasteiger partial charge in [0.25, 0.3) is 0 Å². The van der Waals surface area contributed by atoms with E-state index in [1.165, 1.54) is 49.4 Å². The normalized spacial score (nSPS) is 15.9. The second kappa shape index (κ2) is 9.36. The number of aromatic nitrogens is 5. The van der Waals surface area contributed by atoms with Crippen molar-refractivity contribution in [2.45, 2.75) is 5.54 Å². The van der Waals surface area contributed by atoms with E-state index in [2.05, 4.69) is 112 Å². The van der Waals surface area contributed by atoms with Crippen LogP contribution in [0.5, 0.6) is 0 Å². The Hall–Kier alpha value is -6.27. The zero-order valence-corrected chi connectivity index (χ0v) is 24.5. The van der Waals surface area contributed by atoms with Crippen molar-refractivity contribution in [2.24, 2.45) is 0 Å². The molecule has 1 aliphatic carbocycles. The average molecular weight is 589 g/mol. The Labute approximate surface area is 264 Å². The van der Waals surface area contributed by atoms with Crippen LogP contribution in [-0.2, 0) is 5.54 Å². The van der Waals surface area contributed by atoms with Crippen LogP contribution in [0.25, 0.3) is 55.4 Å². The molecule has 0 bridgehead atoms. The van der Waals surface area contributed by atoms with Gasteiger partial charge in [0.05, 0.1) is 5.69 Å². The minimum Gasteiger partial charge on any atom is -0.291 e. The summed E-state index contributed by atoms with van der Waals surface area (Å²) < 4.78 is 0. The van der Waals surface area contributed by atoms with Gasteiger partial charge in [-0.25, -0.2) is 4.98 Å². The predicted molar refractivity (Wildman–Crippen MR) is 182 cm³/mol. The standard InChI is InChI=1S/C40H24N6/c1-2-8-29-24-34-31(23-28(29)7-1)30-11-3-4-12-32(30)40(34)33-13-5-9-25-10-6-14-35(36(25)33)46(40)39-44-37(26-15-19-41-20-16-26)43-38(45-39)27-17-21-42-22-18-27/h1-24H. The van der Waals surface area contributed by atoms with Gasteiger partial charge in [0.2, 0.25) is 5.95 Å². The number of pyridine rings is 2. The summed E-state index contributed by atoms with van der Waals surface area (Å²) in [5, 5.41) is 4.80. The molecule has 6 heteroatoms. The van der Waals surface area contributed by atoms with Crippen LogP contribution in [0.15, 0.2) is 146 Å². The van der Waals surface area contributed by atoms with Gasteiger partial charge in [0.15, 0.2) is 11.6 Å². The maximum Gasteiger partial charge on any atom is 0.235 e. The molecule has 0 saturated carbocycles. The molecule has 0 saturated heterocycles. The topological polar surface area (TPSA) is 67.7 Å². The molecule has 8 aromatic rings. The smallest absolute Gasteiger partial charge is 0.235 e. The molecule has 1 aliphatic heterocycles. The Balaban J connectivity index is 1.36. The second-order valence-corrected chi connectivity index (χ2v) is 11.8. The van der Waals surface area contributed by atoms with Crippen LogP contribution in [0.4, 0.5) is 11.6 Å². The number of rotatable bonds is 3. The van der Waals surface area contributed by atoms with E-state index < -0.39 is 5.54 Å². The lowest BCUT2D eigenvalue weighted by molar-refractivity contribution is 0.652. The molecule has 1 atom stereocenters. The summed E-state index contributed by atoms with van der Waals surface area (Å²) in [6.45, 7) is 0. The lowest BCUT2D eigenvalue weighted by Crippen LogP contribution is -2.42. The van der Waals surface area contributed by atoms with Crippen LogP contribution in [-0.4, -0.2) is 24.9 Å².